The zero-order valence-electron chi connectivity index (χ0n) is 30.5. The summed E-state index contributed by atoms with van der Waals surface area (Å²) in [6.07, 6.45) is 1.80. The maximum absolute atomic E-state index is 13.7. The number of aromatic nitrogens is 2. The van der Waals surface area contributed by atoms with Crippen molar-refractivity contribution >= 4 is 57.0 Å². The van der Waals surface area contributed by atoms with Crippen molar-refractivity contribution in [3.8, 4) is 5.88 Å². The summed E-state index contributed by atoms with van der Waals surface area (Å²) in [4.78, 5) is 71.4. The minimum Gasteiger partial charge on any atom is -0.481 e. The summed E-state index contributed by atoms with van der Waals surface area (Å²) in [7, 11) is 0. The molecule has 3 amide bonds. The molecule has 0 unspecified atom stereocenters. The first-order valence-electron chi connectivity index (χ1n) is 18.1. The molecule has 0 aliphatic carbocycles. The zero-order chi connectivity index (χ0) is 38.6. The number of aliphatic carboxylic acids is 1. The Labute approximate surface area is 312 Å². The number of ether oxygens (including phenoxy) is 4. The van der Waals surface area contributed by atoms with Crippen LogP contribution in [0.15, 0.2) is 54.7 Å². The van der Waals surface area contributed by atoms with E-state index in [0.29, 0.717) is 32.8 Å². The molecule has 1 fully saturated rings. The first-order valence-corrected chi connectivity index (χ1v) is 18.1. The normalized spacial score (nSPS) is 15.5. The van der Waals surface area contributed by atoms with Crippen molar-refractivity contribution in [3.63, 3.8) is 0 Å². The highest BCUT2D eigenvalue weighted by Gasteiger charge is 2.40. The fourth-order valence-electron chi connectivity index (χ4n) is 6.33. The largest absolute Gasteiger partial charge is 0.481 e. The van der Waals surface area contributed by atoms with Crippen molar-refractivity contribution in [1.82, 2.24) is 24.9 Å². The summed E-state index contributed by atoms with van der Waals surface area (Å²) in [5.41, 5.74) is 7.68. The molecule has 290 valence electrons. The van der Waals surface area contributed by atoms with E-state index in [0.717, 1.165) is 27.3 Å². The lowest BCUT2D eigenvalue weighted by molar-refractivity contribution is -0.147. The molecule has 54 heavy (non-hydrogen) atoms. The van der Waals surface area contributed by atoms with Crippen LogP contribution in [-0.4, -0.2) is 120 Å². The molecule has 4 heterocycles. The van der Waals surface area contributed by atoms with Gasteiger partial charge in [-0.1, -0.05) is 38.1 Å². The molecule has 0 saturated carbocycles. The quantitative estimate of drug-likeness (QED) is 0.0756. The standard InChI is InChI=1S/C38H48N6O10/c1-24(2)34(38(50)54-32-11-5-9-29-35-26(23-44(29)32)21-25-7-3-4-8-27(25)41-35)42-36(48)30-10-6-14-43(30)37(49)28(22-33(46)47)40-31(45)12-15-51-17-19-53-20-18-52-16-13-39/h3-5,7-9,11,21,23-24,28,30,34H,6,10,12-20,22,39H2,1-2H3,(H,40,45)(H,42,48)(H,46,47)/t28-,30-,34-/m0/s1. The molecule has 1 saturated heterocycles. The van der Waals surface area contributed by atoms with E-state index in [9.17, 15) is 29.1 Å². The van der Waals surface area contributed by atoms with E-state index in [1.807, 2.05) is 42.6 Å². The first kappa shape index (κ1) is 40.0. The van der Waals surface area contributed by atoms with Crippen LogP contribution in [0.2, 0.25) is 0 Å². The van der Waals surface area contributed by atoms with E-state index >= 15 is 0 Å². The van der Waals surface area contributed by atoms with E-state index in [1.165, 1.54) is 4.90 Å². The average molecular weight is 749 g/mol. The van der Waals surface area contributed by atoms with Gasteiger partial charge in [-0.3, -0.25) is 23.6 Å². The molecule has 16 nitrogen and oxygen atoms in total. The molecule has 4 aromatic rings. The number of amides is 3. The highest BCUT2D eigenvalue weighted by molar-refractivity contribution is 6.01. The van der Waals surface area contributed by atoms with Crippen LogP contribution < -0.4 is 21.1 Å². The van der Waals surface area contributed by atoms with Crippen molar-refractivity contribution in [2.45, 2.75) is 57.7 Å². The van der Waals surface area contributed by atoms with E-state index in [2.05, 4.69) is 10.6 Å². The number of hydrogen-bond acceptors (Lipinski definition) is 11. The fourth-order valence-corrected chi connectivity index (χ4v) is 6.33. The van der Waals surface area contributed by atoms with Gasteiger partial charge in [0.2, 0.25) is 23.6 Å². The van der Waals surface area contributed by atoms with Crippen LogP contribution in [0, 0.1) is 5.92 Å². The third kappa shape index (κ3) is 10.3. The Morgan fingerprint density at radius 1 is 0.926 bits per heavy atom. The van der Waals surface area contributed by atoms with Gasteiger partial charge < -0.3 is 45.3 Å². The van der Waals surface area contributed by atoms with Crippen LogP contribution in [-0.2, 0) is 38.2 Å². The molecule has 3 atom stereocenters. The number of nitrogens with one attached hydrogen (secondary N) is 2. The van der Waals surface area contributed by atoms with Crippen LogP contribution in [0.3, 0.4) is 0 Å². The summed E-state index contributed by atoms with van der Waals surface area (Å²) >= 11 is 0. The van der Waals surface area contributed by atoms with E-state index in [-0.39, 0.29) is 51.0 Å². The second-order valence-corrected chi connectivity index (χ2v) is 13.3. The number of rotatable bonds is 20. The fraction of sp³-hybridized carbons (Fsp3) is 0.474. The summed E-state index contributed by atoms with van der Waals surface area (Å²) in [5.74, 6) is -4.00. The number of pyridine rings is 2. The van der Waals surface area contributed by atoms with Crippen molar-refractivity contribution in [1.29, 1.82) is 0 Å². The Morgan fingerprint density at radius 2 is 1.65 bits per heavy atom. The number of fused-ring (bicyclic) bond motifs is 4. The predicted octanol–water partition coefficient (Wildman–Crippen LogP) is 2.04. The van der Waals surface area contributed by atoms with Gasteiger partial charge in [-0.15, -0.1) is 0 Å². The van der Waals surface area contributed by atoms with E-state index in [1.54, 1.807) is 30.4 Å². The molecule has 16 heteroatoms. The first-order chi connectivity index (χ1) is 26.1. The van der Waals surface area contributed by atoms with Crippen molar-refractivity contribution < 1.29 is 48.0 Å². The Hall–Kier alpha value is -5.16. The smallest absolute Gasteiger partial charge is 0.335 e. The second-order valence-electron chi connectivity index (χ2n) is 13.3. The second kappa shape index (κ2) is 19.3. The number of carbonyl (C=O) groups is 5. The van der Waals surface area contributed by atoms with Crippen LogP contribution >= 0.6 is 0 Å². The molecule has 3 aromatic heterocycles. The van der Waals surface area contributed by atoms with Gasteiger partial charge in [0.25, 0.3) is 0 Å². The average Bonchev–Trinajstić information content (AvgIpc) is 3.78. The molecule has 0 spiro atoms. The van der Waals surface area contributed by atoms with Gasteiger partial charge in [0, 0.05) is 36.5 Å². The van der Waals surface area contributed by atoms with Crippen LogP contribution in [0.4, 0.5) is 0 Å². The number of nitrogens with zero attached hydrogens (tertiary/aromatic N) is 3. The summed E-state index contributed by atoms with van der Waals surface area (Å²) < 4.78 is 23.6. The van der Waals surface area contributed by atoms with Crippen molar-refractivity contribution in [2.75, 3.05) is 52.7 Å². The SMILES string of the molecule is CC(C)[C@H](NC(=O)[C@@H]1CCCN1C(=O)[C@H](CC(=O)O)NC(=O)CCOCCOCCOCCN)C(=O)Oc1cccc2c3nc4ccccc4cc3cn12. The zero-order valence-corrected chi connectivity index (χ0v) is 30.5. The van der Waals surface area contributed by atoms with Gasteiger partial charge in [-0.2, -0.15) is 0 Å². The molecule has 1 aliphatic rings. The van der Waals surface area contributed by atoms with E-state index in [4.69, 9.17) is 29.7 Å². The van der Waals surface area contributed by atoms with Gasteiger partial charge in [-0.05, 0) is 43.0 Å². The van der Waals surface area contributed by atoms with Crippen LogP contribution in [0.1, 0.15) is 39.5 Å². The summed E-state index contributed by atoms with van der Waals surface area (Å²) in [6.45, 7) is 5.90. The highest BCUT2D eigenvalue weighted by Crippen LogP contribution is 2.28. The maximum atomic E-state index is 13.7. The number of hydrogen-bond donors (Lipinski definition) is 4. The predicted molar refractivity (Wildman–Crippen MR) is 198 cm³/mol. The number of para-hydroxylation sites is 1. The Balaban J connectivity index is 1.18. The number of esters is 1. The summed E-state index contributed by atoms with van der Waals surface area (Å²) in [5, 5.41) is 16.6. The lowest BCUT2D eigenvalue weighted by atomic mass is 10.0. The molecule has 0 radical (unpaired) electrons. The van der Waals surface area contributed by atoms with Gasteiger partial charge in [0.15, 0.2) is 0 Å². The number of carbonyl (C=O) groups excluding carboxylic acids is 4. The number of carboxylic acids is 1. The lowest BCUT2D eigenvalue weighted by Gasteiger charge is -2.30. The number of benzene rings is 1. The monoisotopic (exact) mass is 748 g/mol. The molecule has 0 bridgehead atoms. The lowest BCUT2D eigenvalue weighted by Crippen LogP contribution is -2.56. The minimum absolute atomic E-state index is 0.0253. The summed E-state index contributed by atoms with van der Waals surface area (Å²) in [6, 6.07) is 11.6. The van der Waals surface area contributed by atoms with Gasteiger partial charge in [0.1, 0.15) is 18.1 Å². The van der Waals surface area contributed by atoms with E-state index < -0.39 is 54.2 Å². The van der Waals surface area contributed by atoms with Crippen molar-refractivity contribution in [3.05, 3.63) is 54.7 Å². The molecule has 1 aromatic carbocycles. The Kier molecular flexibility index (Phi) is 14.3. The Bertz CT molecular complexity index is 1950. The van der Waals surface area contributed by atoms with Crippen LogP contribution in [0.5, 0.6) is 5.88 Å². The van der Waals surface area contributed by atoms with Crippen molar-refractivity contribution in [2.24, 2.45) is 11.7 Å². The molecule has 1 aliphatic heterocycles. The van der Waals surface area contributed by atoms with Gasteiger partial charge in [-0.25, -0.2) is 9.78 Å². The molecular weight excluding hydrogens is 700 g/mol. The van der Waals surface area contributed by atoms with Gasteiger partial charge >= 0.3 is 11.9 Å². The minimum atomic E-state index is -1.41. The Morgan fingerprint density at radius 3 is 2.37 bits per heavy atom. The number of carboxylic acid groups (broad SMARTS) is 1. The molecule has 5 N–H and O–H groups in total. The topological polar surface area (TPSA) is 213 Å². The number of nitrogens with two attached hydrogens (primary N) is 1. The third-order valence-electron chi connectivity index (χ3n) is 9.01. The maximum Gasteiger partial charge on any atom is 0.335 e. The number of likely N-dealkylation sites (tertiary alicyclic amines) is 1. The van der Waals surface area contributed by atoms with Crippen LogP contribution in [0.25, 0.3) is 27.3 Å². The molecular formula is C38H48N6O10. The third-order valence-corrected chi connectivity index (χ3v) is 9.01. The molecule has 5 rings (SSSR count). The highest BCUT2D eigenvalue weighted by atomic mass is 16.5. The van der Waals surface area contributed by atoms with Gasteiger partial charge in [0.05, 0.1) is 62.6 Å².